The number of hydrogen-bond acceptors (Lipinski definition) is 6. The van der Waals surface area contributed by atoms with Crippen molar-refractivity contribution in [2.45, 2.75) is 12.6 Å². The molecule has 0 amide bonds. The second kappa shape index (κ2) is 8.64. The van der Waals surface area contributed by atoms with Crippen molar-refractivity contribution >= 4 is 17.6 Å². The van der Waals surface area contributed by atoms with E-state index >= 15 is 0 Å². The summed E-state index contributed by atoms with van der Waals surface area (Å²) in [7, 11) is 1.78. The maximum atomic E-state index is 10.8. The maximum absolute atomic E-state index is 10.8. The lowest BCUT2D eigenvalue weighted by atomic mass is 10.1. The van der Waals surface area contributed by atoms with Crippen LogP contribution in [-0.4, -0.2) is 72.0 Å². The first kappa shape index (κ1) is 18.8. The molecule has 3 rings (SSSR count). The van der Waals surface area contributed by atoms with Crippen molar-refractivity contribution in [1.29, 1.82) is 0 Å². The zero-order valence-corrected chi connectivity index (χ0v) is 15.4. The second-order valence-corrected chi connectivity index (χ2v) is 6.94. The number of carbonyl (C=O) groups is 1. The SMILES string of the molecule is CN(CC(=O)O)CC1CN(Cc2cc(-c3ccc(Cl)cc3)no2)CCO1. The zero-order chi connectivity index (χ0) is 18.5. The highest BCUT2D eigenvalue weighted by Gasteiger charge is 2.23. The van der Waals surface area contributed by atoms with Crippen LogP contribution in [0.4, 0.5) is 0 Å². The lowest BCUT2D eigenvalue weighted by molar-refractivity contribution is -0.138. The lowest BCUT2D eigenvalue weighted by Crippen LogP contribution is -2.47. The first-order chi connectivity index (χ1) is 12.5. The van der Waals surface area contributed by atoms with Crippen molar-refractivity contribution in [2.75, 3.05) is 39.8 Å². The van der Waals surface area contributed by atoms with E-state index in [1.54, 1.807) is 11.9 Å². The predicted molar refractivity (Wildman–Crippen MR) is 97.1 cm³/mol. The molecule has 1 saturated heterocycles. The maximum Gasteiger partial charge on any atom is 0.317 e. The Labute approximate surface area is 157 Å². The third-order valence-electron chi connectivity index (χ3n) is 4.22. The van der Waals surface area contributed by atoms with Crippen LogP contribution < -0.4 is 0 Å². The highest BCUT2D eigenvalue weighted by atomic mass is 35.5. The summed E-state index contributed by atoms with van der Waals surface area (Å²) >= 11 is 5.91. The van der Waals surface area contributed by atoms with Crippen LogP contribution in [0.1, 0.15) is 5.76 Å². The van der Waals surface area contributed by atoms with Gasteiger partial charge in [-0.1, -0.05) is 28.9 Å². The van der Waals surface area contributed by atoms with Gasteiger partial charge in [0, 0.05) is 36.3 Å². The van der Waals surface area contributed by atoms with E-state index in [0.29, 0.717) is 24.7 Å². The van der Waals surface area contributed by atoms with E-state index in [9.17, 15) is 4.79 Å². The number of hydrogen-bond donors (Lipinski definition) is 1. The van der Waals surface area contributed by atoms with Gasteiger partial charge in [0.25, 0.3) is 0 Å². The summed E-state index contributed by atoms with van der Waals surface area (Å²) in [5.74, 6) is -0.0500. The van der Waals surface area contributed by atoms with Crippen molar-refractivity contribution in [3.63, 3.8) is 0 Å². The summed E-state index contributed by atoms with van der Waals surface area (Å²) in [6, 6.07) is 9.40. The van der Waals surface area contributed by atoms with Gasteiger partial charge in [-0.3, -0.25) is 14.6 Å². The Morgan fingerprint density at radius 1 is 1.42 bits per heavy atom. The predicted octanol–water partition coefficient (Wildman–Crippen LogP) is 2.21. The normalized spacial score (nSPS) is 18.3. The van der Waals surface area contributed by atoms with E-state index in [0.717, 1.165) is 30.1 Å². The Bertz CT molecular complexity index is 734. The lowest BCUT2D eigenvalue weighted by Gasteiger charge is -2.33. The average Bonchev–Trinajstić information content (AvgIpc) is 3.03. The molecule has 8 heteroatoms. The molecule has 2 aromatic rings. The van der Waals surface area contributed by atoms with Gasteiger partial charge in [-0.25, -0.2) is 0 Å². The summed E-state index contributed by atoms with van der Waals surface area (Å²) in [6.45, 7) is 3.37. The molecule has 0 saturated carbocycles. The van der Waals surface area contributed by atoms with Crippen molar-refractivity contribution in [1.82, 2.24) is 15.0 Å². The Morgan fingerprint density at radius 2 is 2.19 bits per heavy atom. The molecule has 1 aliphatic rings. The molecular weight excluding hydrogens is 358 g/mol. The highest BCUT2D eigenvalue weighted by molar-refractivity contribution is 6.30. The standard InChI is InChI=1S/C18H22ClN3O4/c1-21(12-18(23)24)9-16-11-22(6-7-25-16)10-15-8-17(20-26-15)13-2-4-14(19)5-3-13/h2-5,8,16H,6-7,9-12H2,1H3,(H,23,24). The molecule has 0 bridgehead atoms. The van der Waals surface area contributed by atoms with Crippen LogP contribution in [0.5, 0.6) is 0 Å². The van der Waals surface area contributed by atoms with Gasteiger partial charge in [0.1, 0.15) is 5.69 Å². The minimum Gasteiger partial charge on any atom is -0.480 e. The first-order valence-corrected chi connectivity index (χ1v) is 8.83. The molecule has 1 atom stereocenters. The number of aliphatic carboxylic acids is 1. The minimum atomic E-state index is -0.837. The Balaban J connectivity index is 1.55. The van der Waals surface area contributed by atoms with Crippen LogP contribution in [-0.2, 0) is 16.1 Å². The Kier molecular flexibility index (Phi) is 6.26. The monoisotopic (exact) mass is 379 g/mol. The molecule has 1 N–H and O–H groups in total. The van der Waals surface area contributed by atoms with Crippen LogP contribution in [0.3, 0.4) is 0 Å². The van der Waals surface area contributed by atoms with E-state index in [2.05, 4.69) is 10.1 Å². The number of halogens is 1. The van der Waals surface area contributed by atoms with Gasteiger partial charge in [-0.2, -0.15) is 0 Å². The van der Waals surface area contributed by atoms with E-state index in [1.807, 2.05) is 30.3 Å². The summed E-state index contributed by atoms with van der Waals surface area (Å²) in [5, 5.41) is 13.7. The van der Waals surface area contributed by atoms with Crippen molar-refractivity contribution < 1.29 is 19.2 Å². The number of ether oxygens (including phenoxy) is 1. The van der Waals surface area contributed by atoms with E-state index in [4.69, 9.17) is 26.0 Å². The average molecular weight is 380 g/mol. The van der Waals surface area contributed by atoms with E-state index in [1.165, 1.54) is 0 Å². The summed E-state index contributed by atoms with van der Waals surface area (Å²) in [6.07, 6.45) is -0.0215. The van der Waals surface area contributed by atoms with Crippen LogP contribution in [0.2, 0.25) is 5.02 Å². The number of benzene rings is 1. The van der Waals surface area contributed by atoms with Gasteiger partial charge in [0.2, 0.25) is 0 Å². The summed E-state index contributed by atoms with van der Waals surface area (Å²) in [4.78, 5) is 14.8. The van der Waals surface area contributed by atoms with Gasteiger partial charge in [-0.15, -0.1) is 0 Å². The molecule has 1 aromatic carbocycles. The summed E-state index contributed by atoms with van der Waals surface area (Å²) in [5.41, 5.74) is 1.74. The molecule has 2 heterocycles. The largest absolute Gasteiger partial charge is 0.480 e. The number of carboxylic acids is 1. The fourth-order valence-electron chi connectivity index (χ4n) is 3.04. The Morgan fingerprint density at radius 3 is 2.92 bits per heavy atom. The molecule has 0 aliphatic carbocycles. The molecular formula is C18H22ClN3O4. The number of nitrogens with zero attached hydrogens (tertiary/aromatic N) is 3. The van der Waals surface area contributed by atoms with Crippen molar-refractivity contribution in [3.8, 4) is 11.3 Å². The van der Waals surface area contributed by atoms with Gasteiger partial charge >= 0.3 is 5.97 Å². The molecule has 26 heavy (non-hydrogen) atoms. The first-order valence-electron chi connectivity index (χ1n) is 8.45. The second-order valence-electron chi connectivity index (χ2n) is 6.50. The number of likely N-dealkylation sites (N-methyl/N-ethyl adjacent to an activating group) is 1. The van der Waals surface area contributed by atoms with Crippen molar-refractivity contribution in [3.05, 3.63) is 41.1 Å². The third kappa shape index (κ3) is 5.28. The molecule has 0 radical (unpaired) electrons. The highest BCUT2D eigenvalue weighted by Crippen LogP contribution is 2.22. The molecule has 0 spiro atoms. The topological polar surface area (TPSA) is 79.0 Å². The van der Waals surface area contributed by atoms with Crippen LogP contribution in [0.25, 0.3) is 11.3 Å². The number of aromatic nitrogens is 1. The molecule has 1 unspecified atom stereocenters. The third-order valence-corrected chi connectivity index (χ3v) is 4.47. The van der Waals surface area contributed by atoms with Gasteiger partial charge in [0.05, 0.1) is 25.8 Å². The van der Waals surface area contributed by atoms with Crippen LogP contribution in [0, 0.1) is 0 Å². The number of carboxylic acid groups (broad SMARTS) is 1. The van der Waals surface area contributed by atoms with E-state index in [-0.39, 0.29) is 12.6 Å². The fraction of sp³-hybridized carbons (Fsp3) is 0.444. The molecule has 7 nitrogen and oxygen atoms in total. The molecule has 1 aliphatic heterocycles. The smallest absolute Gasteiger partial charge is 0.317 e. The van der Waals surface area contributed by atoms with Gasteiger partial charge in [0.15, 0.2) is 5.76 Å². The van der Waals surface area contributed by atoms with Gasteiger partial charge in [-0.05, 0) is 19.2 Å². The number of rotatable bonds is 7. The molecule has 140 valence electrons. The van der Waals surface area contributed by atoms with Crippen LogP contribution >= 0.6 is 11.6 Å². The Hall–Kier alpha value is -1.93. The molecule has 1 aromatic heterocycles. The van der Waals surface area contributed by atoms with Crippen molar-refractivity contribution in [2.24, 2.45) is 0 Å². The quantitative estimate of drug-likeness (QED) is 0.790. The zero-order valence-electron chi connectivity index (χ0n) is 14.6. The van der Waals surface area contributed by atoms with Crippen LogP contribution in [0.15, 0.2) is 34.9 Å². The molecule has 1 fully saturated rings. The van der Waals surface area contributed by atoms with E-state index < -0.39 is 5.97 Å². The summed E-state index contributed by atoms with van der Waals surface area (Å²) < 4.78 is 11.2. The van der Waals surface area contributed by atoms with Gasteiger partial charge < -0.3 is 14.4 Å². The minimum absolute atomic E-state index is 0.00637. The fourth-order valence-corrected chi connectivity index (χ4v) is 3.17. The number of morpholine rings is 1.